The molecule has 1 nitrogen and oxygen atoms in total. The van der Waals surface area contributed by atoms with Gasteiger partial charge in [0.15, 0.2) is 0 Å². The molecule has 0 aliphatic heterocycles. The highest BCUT2D eigenvalue weighted by atomic mass is 14.7. The molecule has 0 aliphatic rings. The van der Waals surface area contributed by atoms with E-state index in [-0.39, 0.29) is 0 Å². The Kier molecular flexibility index (Phi) is 1.87. The Bertz CT molecular complexity index is 424. The van der Waals surface area contributed by atoms with Crippen LogP contribution >= 0.6 is 0 Å². The van der Waals surface area contributed by atoms with E-state index in [1.54, 1.807) is 0 Å². The predicted molar refractivity (Wildman–Crippen MR) is 57.1 cm³/mol. The molecular weight excluding hydrogens is 158 g/mol. The molecule has 1 aromatic heterocycles. The molecule has 1 heterocycles. The van der Waals surface area contributed by atoms with E-state index in [1.807, 2.05) is 6.20 Å². The molecule has 2 aromatic rings. The molecule has 0 radical (unpaired) electrons. The van der Waals surface area contributed by atoms with Gasteiger partial charge in [-0.3, -0.25) is 0 Å². The van der Waals surface area contributed by atoms with Gasteiger partial charge in [0.05, 0.1) is 0 Å². The first-order chi connectivity index (χ1) is 6.20. The number of aromatic amines is 1. The lowest BCUT2D eigenvalue weighted by Crippen LogP contribution is -1.89. The maximum Gasteiger partial charge on any atom is 0.0491 e. The van der Waals surface area contributed by atoms with E-state index < -0.39 is 0 Å². The zero-order valence-electron chi connectivity index (χ0n) is 8.39. The normalized spacial score (nSPS) is 11.4. The number of benzene rings is 1. The fraction of sp³-hybridized carbons (Fsp3) is 0.333. The summed E-state index contributed by atoms with van der Waals surface area (Å²) >= 11 is 0. The summed E-state index contributed by atoms with van der Waals surface area (Å²) in [4.78, 5) is 3.31. The number of nitrogens with one attached hydrogen (secondary N) is 1. The summed E-state index contributed by atoms with van der Waals surface area (Å²) in [6.45, 7) is 6.61. The molecule has 0 saturated heterocycles. The minimum Gasteiger partial charge on any atom is -0.361 e. The van der Waals surface area contributed by atoms with Crippen molar-refractivity contribution in [1.29, 1.82) is 0 Å². The summed E-state index contributed by atoms with van der Waals surface area (Å²) in [5, 5.41) is 1.35. The van der Waals surface area contributed by atoms with Crippen LogP contribution in [0.1, 0.15) is 30.9 Å². The Morgan fingerprint density at radius 2 is 1.92 bits per heavy atom. The SMILES string of the molecule is Cc1ccc(C(C)C)c2[nH]ccc12. The number of H-pyrrole nitrogens is 1. The minimum atomic E-state index is 0.585. The topological polar surface area (TPSA) is 15.8 Å². The number of rotatable bonds is 1. The van der Waals surface area contributed by atoms with Crippen LogP contribution in [-0.4, -0.2) is 4.98 Å². The smallest absolute Gasteiger partial charge is 0.0491 e. The molecular formula is C12H15N. The van der Waals surface area contributed by atoms with Crippen LogP contribution in [-0.2, 0) is 0 Å². The first kappa shape index (κ1) is 8.36. The molecule has 1 N–H and O–H groups in total. The summed E-state index contributed by atoms with van der Waals surface area (Å²) in [7, 11) is 0. The second-order valence-electron chi connectivity index (χ2n) is 3.89. The Balaban J connectivity index is 2.78. The molecule has 1 heteroatoms. The van der Waals surface area contributed by atoms with E-state index in [4.69, 9.17) is 0 Å². The molecule has 0 fully saturated rings. The van der Waals surface area contributed by atoms with Crippen LogP contribution in [0.2, 0.25) is 0 Å². The molecule has 13 heavy (non-hydrogen) atoms. The van der Waals surface area contributed by atoms with Gasteiger partial charge in [0, 0.05) is 17.1 Å². The van der Waals surface area contributed by atoms with Gasteiger partial charge in [-0.25, -0.2) is 0 Å². The van der Waals surface area contributed by atoms with Gasteiger partial charge in [-0.2, -0.15) is 0 Å². The molecule has 0 spiro atoms. The van der Waals surface area contributed by atoms with Crippen molar-refractivity contribution in [1.82, 2.24) is 4.98 Å². The lowest BCUT2D eigenvalue weighted by atomic mass is 9.98. The molecule has 0 aliphatic carbocycles. The van der Waals surface area contributed by atoms with Gasteiger partial charge in [0.25, 0.3) is 0 Å². The summed E-state index contributed by atoms with van der Waals surface area (Å²) < 4.78 is 0. The van der Waals surface area contributed by atoms with Crippen LogP contribution in [0.3, 0.4) is 0 Å². The van der Waals surface area contributed by atoms with Gasteiger partial charge in [-0.05, 0) is 30.0 Å². The summed E-state index contributed by atoms with van der Waals surface area (Å²) in [6, 6.07) is 6.57. The van der Waals surface area contributed by atoms with Crippen LogP contribution < -0.4 is 0 Å². The Morgan fingerprint density at radius 3 is 2.62 bits per heavy atom. The second kappa shape index (κ2) is 2.91. The number of hydrogen-bond acceptors (Lipinski definition) is 0. The van der Waals surface area contributed by atoms with E-state index >= 15 is 0 Å². The van der Waals surface area contributed by atoms with Crippen molar-refractivity contribution in [3.05, 3.63) is 35.5 Å². The monoisotopic (exact) mass is 173 g/mol. The van der Waals surface area contributed by atoms with Gasteiger partial charge in [-0.1, -0.05) is 26.0 Å². The van der Waals surface area contributed by atoms with E-state index in [2.05, 4.69) is 44.0 Å². The third-order valence-electron chi connectivity index (χ3n) is 2.60. The first-order valence-electron chi connectivity index (χ1n) is 4.76. The summed E-state index contributed by atoms with van der Waals surface area (Å²) in [5.41, 5.74) is 4.06. The summed E-state index contributed by atoms with van der Waals surface area (Å²) in [6.07, 6.45) is 2.02. The van der Waals surface area contributed by atoms with Crippen LogP contribution in [0, 0.1) is 6.92 Å². The van der Waals surface area contributed by atoms with Crippen LogP contribution in [0.25, 0.3) is 10.9 Å². The van der Waals surface area contributed by atoms with Crippen molar-refractivity contribution in [3.63, 3.8) is 0 Å². The van der Waals surface area contributed by atoms with Gasteiger partial charge in [0.2, 0.25) is 0 Å². The van der Waals surface area contributed by atoms with Gasteiger partial charge in [0.1, 0.15) is 0 Å². The molecule has 0 bridgehead atoms. The second-order valence-corrected chi connectivity index (χ2v) is 3.89. The van der Waals surface area contributed by atoms with Crippen molar-refractivity contribution in [3.8, 4) is 0 Å². The standard InChI is InChI=1S/C12H15N/c1-8(2)10-5-4-9(3)11-6-7-13-12(10)11/h4-8,13H,1-3H3. The van der Waals surface area contributed by atoms with Gasteiger partial charge in [-0.15, -0.1) is 0 Å². The Hall–Kier alpha value is -1.24. The van der Waals surface area contributed by atoms with Gasteiger partial charge >= 0.3 is 0 Å². The molecule has 0 saturated carbocycles. The van der Waals surface area contributed by atoms with Crippen LogP contribution in [0.5, 0.6) is 0 Å². The minimum absolute atomic E-state index is 0.585. The van der Waals surface area contributed by atoms with Crippen molar-refractivity contribution in [2.24, 2.45) is 0 Å². The van der Waals surface area contributed by atoms with Crippen LogP contribution in [0.15, 0.2) is 24.4 Å². The van der Waals surface area contributed by atoms with E-state index in [9.17, 15) is 0 Å². The zero-order valence-corrected chi connectivity index (χ0v) is 8.39. The maximum absolute atomic E-state index is 3.31. The first-order valence-corrected chi connectivity index (χ1v) is 4.76. The highest BCUT2D eigenvalue weighted by molar-refractivity contribution is 5.86. The number of aryl methyl sites for hydroxylation is 1. The maximum atomic E-state index is 3.31. The molecule has 0 atom stereocenters. The third-order valence-corrected chi connectivity index (χ3v) is 2.60. The number of hydrogen-bond donors (Lipinski definition) is 1. The lowest BCUT2D eigenvalue weighted by Gasteiger charge is -2.08. The fourth-order valence-electron chi connectivity index (χ4n) is 1.81. The molecule has 0 unspecified atom stereocenters. The summed E-state index contributed by atoms with van der Waals surface area (Å²) in [5.74, 6) is 0.585. The van der Waals surface area contributed by atoms with E-state index in [1.165, 1.54) is 22.0 Å². The lowest BCUT2D eigenvalue weighted by molar-refractivity contribution is 0.873. The van der Waals surface area contributed by atoms with Crippen molar-refractivity contribution in [2.75, 3.05) is 0 Å². The van der Waals surface area contributed by atoms with E-state index in [0.717, 1.165) is 0 Å². The molecule has 0 amide bonds. The van der Waals surface area contributed by atoms with Crippen molar-refractivity contribution < 1.29 is 0 Å². The molecule has 2 rings (SSSR count). The Labute approximate surface area is 78.8 Å². The number of fused-ring (bicyclic) bond motifs is 1. The van der Waals surface area contributed by atoms with Crippen molar-refractivity contribution in [2.45, 2.75) is 26.7 Å². The average molecular weight is 173 g/mol. The largest absolute Gasteiger partial charge is 0.361 e. The zero-order chi connectivity index (χ0) is 9.42. The molecule has 68 valence electrons. The quantitative estimate of drug-likeness (QED) is 0.678. The van der Waals surface area contributed by atoms with E-state index in [0.29, 0.717) is 5.92 Å². The number of aromatic nitrogens is 1. The van der Waals surface area contributed by atoms with Crippen molar-refractivity contribution >= 4 is 10.9 Å². The Morgan fingerprint density at radius 1 is 1.15 bits per heavy atom. The van der Waals surface area contributed by atoms with Gasteiger partial charge < -0.3 is 4.98 Å². The predicted octanol–water partition coefficient (Wildman–Crippen LogP) is 3.60. The van der Waals surface area contributed by atoms with Crippen LogP contribution in [0.4, 0.5) is 0 Å². The fourth-order valence-corrected chi connectivity index (χ4v) is 1.81. The highest BCUT2D eigenvalue weighted by Crippen LogP contribution is 2.26. The molecule has 1 aromatic carbocycles. The third kappa shape index (κ3) is 1.24. The highest BCUT2D eigenvalue weighted by Gasteiger charge is 2.06. The average Bonchev–Trinajstić information content (AvgIpc) is 2.53.